The van der Waals surface area contributed by atoms with E-state index in [0.717, 1.165) is 22.6 Å². The summed E-state index contributed by atoms with van der Waals surface area (Å²) in [6, 6.07) is 13.4. The minimum absolute atomic E-state index is 0.0799. The number of fused-ring (bicyclic) bond motifs is 1. The number of rotatable bonds is 3. The quantitative estimate of drug-likeness (QED) is 0.947. The number of carbonyl (C=O) groups excluding carboxylic acids is 1. The van der Waals surface area contributed by atoms with Crippen LogP contribution in [0.25, 0.3) is 0 Å². The molecule has 3 rings (SSSR count). The molecule has 4 heteroatoms. The van der Waals surface area contributed by atoms with Crippen molar-refractivity contribution in [2.45, 2.75) is 20.0 Å². The van der Waals surface area contributed by atoms with E-state index in [-0.39, 0.29) is 12.0 Å². The molecule has 2 aromatic rings. The largest absolute Gasteiger partial charge is 0.486 e. The van der Waals surface area contributed by atoms with E-state index in [1.807, 2.05) is 56.3 Å². The zero-order valence-electron chi connectivity index (χ0n) is 12.8. The second-order valence-corrected chi connectivity index (χ2v) is 5.53. The van der Waals surface area contributed by atoms with Crippen LogP contribution in [0.15, 0.2) is 42.5 Å². The Balaban J connectivity index is 1.61. The van der Waals surface area contributed by atoms with Crippen LogP contribution in [-0.4, -0.2) is 25.2 Å². The van der Waals surface area contributed by atoms with Gasteiger partial charge in [0.1, 0.15) is 12.7 Å². The fraction of sp³-hybridized carbons (Fsp3) is 0.278. The summed E-state index contributed by atoms with van der Waals surface area (Å²) >= 11 is 0. The molecule has 1 aliphatic rings. The van der Waals surface area contributed by atoms with Gasteiger partial charge in [-0.05, 0) is 37.6 Å². The molecular formula is C18H19NO3. The highest BCUT2D eigenvalue weighted by atomic mass is 16.6. The predicted molar refractivity (Wildman–Crippen MR) is 84.6 cm³/mol. The SMILES string of the molecule is Cc1ccc(C)c(C(=O)NC[C@@H]2COc3ccccc3O2)c1. The van der Waals surface area contributed by atoms with Crippen LogP contribution in [0.5, 0.6) is 11.5 Å². The summed E-state index contributed by atoms with van der Waals surface area (Å²) in [5.41, 5.74) is 2.74. The maximum atomic E-state index is 12.3. The van der Waals surface area contributed by atoms with Crippen molar-refractivity contribution in [3.8, 4) is 11.5 Å². The summed E-state index contributed by atoms with van der Waals surface area (Å²) in [5, 5.41) is 2.92. The Morgan fingerprint density at radius 3 is 2.77 bits per heavy atom. The van der Waals surface area contributed by atoms with Crippen LogP contribution < -0.4 is 14.8 Å². The van der Waals surface area contributed by atoms with Gasteiger partial charge in [-0.2, -0.15) is 0 Å². The topological polar surface area (TPSA) is 47.6 Å². The summed E-state index contributed by atoms with van der Waals surface area (Å²) in [6.45, 7) is 4.76. The number of para-hydroxylation sites is 2. The van der Waals surface area contributed by atoms with Crippen molar-refractivity contribution in [3.63, 3.8) is 0 Å². The lowest BCUT2D eigenvalue weighted by Gasteiger charge is -2.26. The van der Waals surface area contributed by atoms with Gasteiger partial charge in [-0.25, -0.2) is 0 Å². The average molecular weight is 297 g/mol. The standard InChI is InChI=1S/C18H19NO3/c1-12-7-8-13(2)15(9-12)18(20)19-10-14-11-21-16-5-3-4-6-17(16)22-14/h3-9,14H,10-11H2,1-2H3,(H,19,20)/t14-/m1/s1. The number of hydrogen-bond donors (Lipinski definition) is 1. The van der Waals surface area contributed by atoms with Gasteiger partial charge >= 0.3 is 0 Å². The molecule has 2 aromatic carbocycles. The summed E-state index contributed by atoms with van der Waals surface area (Å²) in [6.07, 6.45) is -0.177. The van der Waals surface area contributed by atoms with Gasteiger partial charge in [-0.15, -0.1) is 0 Å². The Morgan fingerprint density at radius 1 is 1.18 bits per heavy atom. The van der Waals surface area contributed by atoms with E-state index in [2.05, 4.69) is 5.32 Å². The predicted octanol–water partition coefficient (Wildman–Crippen LogP) is 2.87. The van der Waals surface area contributed by atoms with E-state index in [9.17, 15) is 4.79 Å². The third-order valence-corrected chi connectivity index (χ3v) is 3.70. The fourth-order valence-corrected chi connectivity index (χ4v) is 2.45. The molecule has 0 saturated carbocycles. The number of aryl methyl sites for hydroxylation is 2. The van der Waals surface area contributed by atoms with Gasteiger partial charge in [0, 0.05) is 5.56 Å². The van der Waals surface area contributed by atoms with Crippen molar-refractivity contribution in [3.05, 3.63) is 59.2 Å². The van der Waals surface area contributed by atoms with Gasteiger partial charge in [0.15, 0.2) is 11.5 Å². The van der Waals surface area contributed by atoms with Crippen LogP contribution in [0, 0.1) is 13.8 Å². The summed E-state index contributed by atoms with van der Waals surface area (Å²) in [5.74, 6) is 1.39. The highest BCUT2D eigenvalue weighted by molar-refractivity contribution is 5.95. The summed E-state index contributed by atoms with van der Waals surface area (Å²) < 4.78 is 11.5. The first-order chi connectivity index (χ1) is 10.6. The first-order valence-corrected chi connectivity index (χ1v) is 7.37. The molecule has 0 aliphatic carbocycles. The average Bonchev–Trinajstić information content (AvgIpc) is 2.54. The molecule has 0 fully saturated rings. The first kappa shape index (κ1) is 14.4. The number of hydrogen-bond acceptors (Lipinski definition) is 3. The molecule has 1 N–H and O–H groups in total. The lowest BCUT2D eigenvalue weighted by molar-refractivity contribution is 0.0789. The van der Waals surface area contributed by atoms with Gasteiger partial charge < -0.3 is 14.8 Å². The molecule has 0 aromatic heterocycles. The van der Waals surface area contributed by atoms with Crippen molar-refractivity contribution < 1.29 is 14.3 Å². The van der Waals surface area contributed by atoms with Gasteiger partial charge in [-0.3, -0.25) is 4.79 Å². The Labute approximate surface area is 130 Å². The Hall–Kier alpha value is -2.49. The minimum Gasteiger partial charge on any atom is -0.486 e. The van der Waals surface area contributed by atoms with Crippen LogP contribution in [0.4, 0.5) is 0 Å². The lowest BCUT2D eigenvalue weighted by atomic mass is 10.1. The monoisotopic (exact) mass is 297 g/mol. The normalized spacial score (nSPS) is 16.2. The molecule has 0 bridgehead atoms. The van der Waals surface area contributed by atoms with Crippen molar-refractivity contribution in [2.24, 2.45) is 0 Å². The summed E-state index contributed by atoms with van der Waals surface area (Å²) in [7, 11) is 0. The number of carbonyl (C=O) groups is 1. The molecular weight excluding hydrogens is 278 g/mol. The van der Waals surface area contributed by atoms with E-state index >= 15 is 0 Å². The maximum absolute atomic E-state index is 12.3. The number of ether oxygens (including phenoxy) is 2. The van der Waals surface area contributed by atoms with Crippen molar-refractivity contribution in [1.29, 1.82) is 0 Å². The molecule has 0 saturated heterocycles. The van der Waals surface area contributed by atoms with Crippen molar-refractivity contribution in [2.75, 3.05) is 13.2 Å². The van der Waals surface area contributed by atoms with Crippen molar-refractivity contribution in [1.82, 2.24) is 5.32 Å². The number of benzene rings is 2. The van der Waals surface area contributed by atoms with Crippen LogP contribution in [0.3, 0.4) is 0 Å². The molecule has 0 spiro atoms. The molecule has 114 valence electrons. The lowest BCUT2D eigenvalue weighted by Crippen LogP contribution is -2.40. The Kier molecular flexibility index (Phi) is 4.00. The second-order valence-electron chi connectivity index (χ2n) is 5.53. The van der Waals surface area contributed by atoms with E-state index in [0.29, 0.717) is 18.7 Å². The zero-order valence-corrected chi connectivity index (χ0v) is 12.8. The number of nitrogens with one attached hydrogen (secondary N) is 1. The van der Waals surface area contributed by atoms with E-state index < -0.39 is 0 Å². The molecule has 1 heterocycles. The highest BCUT2D eigenvalue weighted by Gasteiger charge is 2.21. The molecule has 1 amide bonds. The third kappa shape index (κ3) is 3.06. The molecule has 22 heavy (non-hydrogen) atoms. The number of amides is 1. The minimum atomic E-state index is -0.177. The van der Waals surface area contributed by atoms with E-state index in [4.69, 9.17) is 9.47 Å². The van der Waals surface area contributed by atoms with Gasteiger partial charge in [0.25, 0.3) is 5.91 Å². The third-order valence-electron chi connectivity index (χ3n) is 3.70. The van der Waals surface area contributed by atoms with Crippen LogP contribution in [0.1, 0.15) is 21.5 Å². The van der Waals surface area contributed by atoms with E-state index in [1.54, 1.807) is 0 Å². The van der Waals surface area contributed by atoms with Gasteiger partial charge in [0.05, 0.1) is 6.54 Å². The first-order valence-electron chi connectivity index (χ1n) is 7.37. The fourth-order valence-electron chi connectivity index (χ4n) is 2.45. The van der Waals surface area contributed by atoms with Crippen LogP contribution >= 0.6 is 0 Å². The van der Waals surface area contributed by atoms with Crippen LogP contribution in [-0.2, 0) is 0 Å². The Bertz CT molecular complexity index is 696. The van der Waals surface area contributed by atoms with Crippen LogP contribution in [0.2, 0.25) is 0 Å². The molecule has 1 aliphatic heterocycles. The maximum Gasteiger partial charge on any atom is 0.251 e. The molecule has 1 atom stereocenters. The highest BCUT2D eigenvalue weighted by Crippen LogP contribution is 2.30. The van der Waals surface area contributed by atoms with E-state index in [1.165, 1.54) is 0 Å². The molecule has 0 radical (unpaired) electrons. The van der Waals surface area contributed by atoms with Gasteiger partial charge in [-0.1, -0.05) is 29.8 Å². The van der Waals surface area contributed by atoms with Crippen molar-refractivity contribution >= 4 is 5.91 Å². The summed E-state index contributed by atoms with van der Waals surface area (Å²) in [4.78, 5) is 12.3. The zero-order chi connectivity index (χ0) is 15.5. The smallest absolute Gasteiger partial charge is 0.251 e. The Morgan fingerprint density at radius 2 is 1.95 bits per heavy atom. The molecule has 4 nitrogen and oxygen atoms in total. The second kappa shape index (κ2) is 6.10. The molecule has 0 unspecified atom stereocenters. The van der Waals surface area contributed by atoms with Gasteiger partial charge in [0.2, 0.25) is 0 Å².